The van der Waals surface area contributed by atoms with Crippen molar-refractivity contribution in [2.24, 2.45) is 0 Å². The molecule has 0 fully saturated rings. The number of benzene rings is 2. The summed E-state index contributed by atoms with van der Waals surface area (Å²) in [5.41, 5.74) is 0.664. The number of hydrogen-bond donors (Lipinski definition) is 0. The highest BCUT2D eigenvalue weighted by Crippen LogP contribution is 2.33. The van der Waals surface area contributed by atoms with Crippen LogP contribution < -0.4 is 4.90 Å². The number of nitrogens with zero attached hydrogens (tertiary/aromatic N) is 1. The number of rotatable bonds is 4. The molecule has 2 aromatic rings. The predicted molar refractivity (Wildman–Crippen MR) is 75.1 cm³/mol. The number of halogens is 3. The van der Waals surface area contributed by atoms with E-state index in [1.54, 1.807) is 17.0 Å². The average molecular weight is 277 g/mol. The zero-order valence-electron chi connectivity index (χ0n) is 10.8. The summed E-state index contributed by atoms with van der Waals surface area (Å²) in [5.74, 6) is 0. The van der Waals surface area contributed by atoms with Gasteiger partial charge in [-0.2, -0.15) is 13.2 Å². The Bertz CT molecular complexity index is 576. The lowest BCUT2D eigenvalue weighted by atomic mass is 10.1. The molecule has 0 bridgehead atoms. The third-order valence-corrected chi connectivity index (χ3v) is 2.86. The monoisotopic (exact) mass is 277 g/mol. The molecule has 0 saturated heterocycles. The van der Waals surface area contributed by atoms with Gasteiger partial charge in [-0.15, -0.1) is 6.58 Å². The minimum absolute atomic E-state index is 0.436. The lowest BCUT2D eigenvalue weighted by Crippen LogP contribution is -2.17. The van der Waals surface area contributed by atoms with E-state index in [4.69, 9.17) is 0 Å². The van der Waals surface area contributed by atoms with E-state index in [2.05, 4.69) is 6.58 Å². The summed E-state index contributed by atoms with van der Waals surface area (Å²) in [6, 6.07) is 14.5. The molecule has 4 heteroatoms. The van der Waals surface area contributed by atoms with Crippen LogP contribution >= 0.6 is 0 Å². The minimum atomic E-state index is -4.34. The second kappa shape index (κ2) is 5.82. The van der Waals surface area contributed by atoms with Gasteiger partial charge in [-0.1, -0.05) is 30.3 Å². The fourth-order valence-electron chi connectivity index (χ4n) is 1.95. The molecular formula is C16H14F3N. The third kappa shape index (κ3) is 3.20. The van der Waals surface area contributed by atoms with Crippen molar-refractivity contribution in [2.45, 2.75) is 6.18 Å². The zero-order chi connectivity index (χ0) is 14.6. The van der Waals surface area contributed by atoms with Crippen molar-refractivity contribution in [3.8, 4) is 0 Å². The molecule has 0 aliphatic carbocycles. The Morgan fingerprint density at radius 2 is 1.60 bits per heavy atom. The van der Waals surface area contributed by atoms with Crippen LogP contribution in [-0.2, 0) is 6.18 Å². The summed E-state index contributed by atoms with van der Waals surface area (Å²) in [5, 5.41) is 0. The van der Waals surface area contributed by atoms with E-state index in [-0.39, 0.29) is 0 Å². The normalized spacial score (nSPS) is 11.2. The van der Waals surface area contributed by atoms with E-state index in [0.29, 0.717) is 12.2 Å². The van der Waals surface area contributed by atoms with Crippen LogP contribution in [0.25, 0.3) is 0 Å². The van der Waals surface area contributed by atoms with Crippen LogP contribution in [0.3, 0.4) is 0 Å². The van der Waals surface area contributed by atoms with Crippen molar-refractivity contribution >= 4 is 11.4 Å². The van der Waals surface area contributed by atoms with Crippen LogP contribution in [0.4, 0.5) is 24.5 Å². The molecule has 0 radical (unpaired) electrons. The smallest absolute Gasteiger partial charge is 0.338 e. The molecule has 0 N–H and O–H groups in total. The molecule has 0 unspecified atom stereocenters. The van der Waals surface area contributed by atoms with Crippen LogP contribution in [0.15, 0.2) is 67.3 Å². The fraction of sp³-hybridized carbons (Fsp3) is 0.125. The van der Waals surface area contributed by atoms with E-state index >= 15 is 0 Å². The second-order valence-corrected chi connectivity index (χ2v) is 4.28. The summed E-state index contributed by atoms with van der Waals surface area (Å²) in [6.07, 6.45) is -2.68. The molecule has 0 aliphatic rings. The van der Waals surface area contributed by atoms with Gasteiger partial charge in [0.15, 0.2) is 0 Å². The molecule has 20 heavy (non-hydrogen) atoms. The van der Waals surface area contributed by atoms with Gasteiger partial charge in [0, 0.05) is 17.9 Å². The summed E-state index contributed by atoms with van der Waals surface area (Å²) in [4.78, 5) is 1.78. The van der Waals surface area contributed by atoms with Crippen LogP contribution in [0.5, 0.6) is 0 Å². The Kier molecular flexibility index (Phi) is 4.13. The van der Waals surface area contributed by atoms with Gasteiger partial charge in [0.25, 0.3) is 0 Å². The van der Waals surface area contributed by atoms with Crippen molar-refractivity contribution in [1.82, 2.24) is 0 Å². The molecule has 0 aromatic heterocycles. The van der Waals surface area contributed by atoms with Crippen LogP contribution in [0.2, 0.25) is 0 Å². The van der Waals surface area contributed by atoms with Gasteiger partial charge in [-0.25, -0.2) is 0 Å². The molecule has 0 amide bonds. The second-order valence-electron chi connectivity index (χ2n) is 4.28. The summed E-state index contributed by atoms with van der Waals surface area (Å²) < 4.78 is 38.3. The highest BCUT2D eigenvalue weighted by Gasteiger charge is 2.30. The Labute approximate surface area is 116 Å². The molecule has 0 atom stereocenters. The number of alkyl halides is 3. The first-order valence-electron chi connectivity index (χ1n) is 6.13. The lowest BCUT2D eigenvalue weighted by Gasteiger charge is -2.24. The highest BCUT2D eigenvalue weighted by atomic mass is 19.4. The van der Waals surface area contributed by atoms with Crippen molar-refractivity contribution in [3.63, 3.8) is 0 Å². The van der Waals surface area contributed by atoms with Crippen molar-refractivity contribution in [1.29, 1.82) is 0 Å². The Balaban J connectivity index is 2.43. The highest BCUT2D eigenvalue weighted by molar-refractivity contribution is 5.64. The summed E-state index contributed by atoms with van der Waals surface area (Å²) in [6.45, 7) is 4.09. The molecule has 0 aliphatic heterocycles. The van der Waals surface area contributed by atoms with Crippen molar-refractivity contribution in [3.05, 3.63) is 72.8 Å². The molecule has 2 aromatic carbocycles. The van der Waals surface area contributed by atoms with Crippen molar-refractivity contribution in [2.75, 3.05) is 11.4 Å². The van der Waals surface area contributed by atoms with Gasteiger partial charge >= 0.3 is 6.18 Å². The number of anilines is 2. The Morgan fingerprint density at radius 1 is 0.950 bits per heavy atom. The van der Waals surface area contributed by atoms with Gasteiger partial charge in [-0.05, 0) is 30.3 Å². The maximum Gasteiger partial charge on any atom is 0.416 e. The quantitative estimate of drug-likeness (QED) is 0.708. The van der Waals surface area contributed by atoms with Crippen molar-refractivity contribution < 1.29 is 13.2 Å². The maximum absolute atomic E-state index is 12.8. The lowest BCUT2D eigenvalue weighted by molar-refractivity contribution is -0.137. The SMILES string of the molecule is C=CCN(c1ccccc1)c1cccc(C(F)(F)F)c1. The minimum Gasteiger partial charge on any atom is -0.338 e. The first-order valence-corrected chi connectivity index (χ1v) is 6.13. The number of hydrogen-bond acceptors (Lipinski definition) is 1. The van der Waals surface area contributed by atoms with Gasteiger partial charge in [0.1, 0.15) is 0 Å². The van der Waals surface area contributed by atoms with E-state index in [1.807, 2.05) is 30.3 Å². The molecule has 0 heterocycles. The van der Waals surface area contributed by atoms with Gasteiger partial charge in [-0.3, -0.25) is 0 Å². The molecule has 0 spiro atoms. The van der Waals surface area contributed by atoms with E-state index < -0.39 is 11.7 Å². The molecule has 1 nitrogen and oxygen atoms in total. The zero-order valence-corrected chi connectivity index (χ0v) is 10.8. The Morgan fingerprint density at radius 3 is 2.20 bits per heavy atom. The molecule has 104 valence electrons. The summed E-state index contributed by atoms with van der Waals surface area (Å²) in [7, 11) is 0. The van der Waals surface area contributed by atoms with Crippen LogP contribution in [0.1, 0.15) is 5.56 Å². The molecule has 2 rings (SSSR count). The molecular weight excluding hydrogens is 263 g/mol. The number of para-hydroxylation sites is 1. The maximum atomic E-state index is 12.8. The molecule has 0 saturated carbocycles. The van der Waals surface area contributed by atoms with E-state index in [0.717, 1.165) is 17.8 Å². The largest absolute Gasteiger partial charge is 0.416 e. The van der Waals surface area contributed by atoms with E-state index in [9.17, 15) is 13.2 Å². The predicted octanol–water partition coefficient (Wildman–Crippen LogP) is 5.03. The topological polar surface area (TPSA) is 3.24 Å². The van der Waals surface area contributed by atoms with Gasteiger partial charge < -0.3 is 4.90 Å². The van der Waals surface area contributed by atoms with Gasteiger partial charge in [0.05, 0.1) is 5.56 Å². The third-order valence-electron chi connectivity index (χ3n) is 2.86. The van der Waals surface area contributed by atoms with Crippen LogP contribution in [-0.4, -0.2) is 6.54 Å². The first-order chi connectivity index (χ1) is 9.52. The Hall–Kier alpha value is -2.23. The van der Waals surface area contributed by atoms with E-state index in [1.165, 1.54) is 6.07 Å². The van der Waals surface area contributed by atoms with Crippen LogP contribution in [0, 0.1) is 0 Å². The summed E-state index contributed by atoms with van der Waals surface area (Å²) >= 11 is 0. The first kappa shape index (κ1) is 14.2. The van der Waals surface area contributed by atoms with Gasteiger partial charge in [0.2, 0.25) is 0 Å². The fourth-order valence-corrected chi connectivity index (χ4v) is 1.95. The standard InChI is InChI=1S/C16H14F3N/c1-2-11-20(14-8-4-3-5-9-14)15-10-6-7-13(12-15)16(17,18)19/h2-10,12H,1,11H2. The average Bonchev–Trinajstić information content (AvgIpc) is 2.45.